The van der Waals surface area contributed by atoms with Gasteiger partial charge in [-0.25, -0.2) is 0 Å². The van der Waals surface area contributed by atoms with E-state index in [2.05, 4.69) is 0 Å². The van der Waals surface area contributed by atoms with Gasteiger partial charge in [0.25, 0.3) is 0 Å². The Hall–Kier alpha value is -1.84. The van der Waals surface area contributed by atoms with Gasteiger partial charge < -0.3 is 9.47 Å². The molecule has 0 aliphatic rings. The summed E-state index contributed by atoms with van der Waals surface area (Å²) in [7, 11) is 0. The fourth-order valence-electron chi connectivity index (χ4n) is 2.28. The predicted octanol–water partition coefficient (Wildman–Crippen LogP) is 3.84. The van der Waals surface area contributed by atoms with Crippen LogP contribution in [0.25, 0.3) is 0 Å². The van der Waals surface area contributed by atoms with Gasteiger partial charge in [0.2, 0.25) is 0 Å². The molecule has 0 N–H and O–H groups in total. The van der Waals surface area contributed by atoms with Gasteiger partial charge in [0.05, 0.1) is 18.4 Å². The number of ether oxygens (including phenoxy) is 2. The highest BCUT2D eigenvalue weighted by Gasteiger charge is 2.27. The third-order valence-electron chi connectivity index (χ3n) is 3.08. The van der Waals surface area contributed by atoms with Gasteiger partial charge in [0, 0.05) is 0 Å². The Bertz CT molecular complexity index is 541. The Morgan fingerprint density at radius 3 is 2.35 bits per heavy atom. The normalized spacial score (nSPS) is 12.8. The fraction of sp³-hybridized carbons (Fsp3) is 0.579. The van der Waals surface area contributed by atoms with Crippen LogP contribution >= 0.6 is 0 Å². The van der Waals surface area contributed by atoms with Crippen LogP contribution in [0.1, 0.15) is 52.2 Å². The lowest BCUT2D eigenvalue weighted by Crippen LogP contribution is -2.30. The molecule has 1 rings (SSSR count). The van der Waals surface area contributed by atoms with Crippen molar-refractivity contribution in [2.24, 2.45) is 5.92 Å². The number of rotatable bonds is 6. The van der Waals surface area contributed by atoms with Crippen molar-refractivity contribution in [3.8, 4) is 0 Å². The Morgan fingerprint density at radius 1 is 1.17 bits per heavy atom. The van der Waals surface area contributed by atoms with Gasteiger partial charge >= 0.3 is 11.9 Å². The van der Waals surface area contributed by atoms with Crippen molar-refractivity contribution in [1.82, 2.24) is 0 Å². The molecule has 1 aromatic rings. The summed E-state index contributed by atoms with van der Waals surface area (Å²) in [5.41, 5.74) is 1.57. The van der Waals surface area contributed by atoms with E-state index in [9.17, 15) is 9.59 Å². The number of carbonyl (C=O) groups excluding carboxylic acids is 2. The van der Waals surface area contributed by atoms with Crippen molar-refractivity contribution in [2.75, 3.05) is 0 Å². The van der Waals surface area contributed by atoms with Crippen molar-refractivity contribution in [1.29, 1.82) is 0 Å². The Balaban J connectivity index is 2.84. The largest absolute Gasteiger partial charge is 0.463 e. The summed E-state index contributed by atoms with van der Waals surface area (Å²) in [5.74, 6) is -1.27. The maximum absolute atomic E-state index is 12.3. The molecule has 4 nitrogen and oxygen atoms in total. The minimum Gasteiger partial charge on any atom is -0.463 e. The van der Waals surface area contributed by atoms with Gasteiger partial charge in [-0.2, -0.15) is 0 Å². The second kappa shape index (κ2) is 8.14. The molecule has 0 amide bonds. The molecule has 128 valence electrons. The number of hydrogen-bond acceptors (Lipinski definition) is 4. The zero-order valence-corrected chi connectivity index (χ0v) is 15.0. The molecule has 0 radical (unpaired) electrons. The maximum Gasteiger partial charge on any atom is 0.310 e. The van der Waals surface area contributed by atoms with E-state index < -0.39 is 11.5 Å². The van der Waals surface area contributed by atoms with Gasteiger partial charge in [-0.3, -0.25) is 9.59 Å². The molecule has 0 unspecified atom stereocenters. The lowest BCUT2D eigenvalue weighted by Gasteiger charge is -2.22. The predicted molar refractivity (Wildman–Crippen MR) is 90.1 cm³/mol. The van der Waals surface area contributed by atoms with Crippen molar-refractivity contribution in [3.05, 3.63) is 35.4 Å². The highest BCUT2D eigenvalue weighted by Crippen LogP contribution is 2.19. The van der Waals surface area contributed by atoms with Crippen LogP contribution in [-0.4, -0.2) is 23.6 Å². The number of aryl methyl sites for hydroxylation is 1. The molecular weight excluding hydrogens is 292 g/mol. The average Bonchev–Trinajstić information content (AvgIpc) is 2.34. The van der Waals surface area contributed by atoms with E-state index in [1.165, 1.54) is 0 Å². The molecule has 1 atom stereocenters. The third kappa shape index (κ3) is 7.82. The smallest absolute Gasteiger partial charge is 0.310 e. The van der Waals surface area contributed by atoms with Gasteiger partial charge in [0.1, 0.15) is 5.60 Å². The Kier molecular flexibility index (Phi) is 6.79. The van der Waals surface area contributed by atoms with E-state index in [1.807, 2.05) is 52.0 Å². The van der Waals surface area contributed by atoms with E-state index in [0.717, 1.165) is 11.1 Å². The monoisotopic (exact) mass is 320 g/mol. The van der Waals surface area contributed by atoms with Crippen molar-refractivity contribution >= 4 is 11.9 Å². The molecule has 0 aliphatic carbocycles. The van der Waals surface area contributed by atoms with E-state index in [1.54, 1.807) is 13.8 Å². The highest BCUT2D eigenvalue weighted by molar-refractivity contribution is 5.80. The summed E-state index contributed by atoms with van der Waals surface area (Å²) < 4.78 is 10.6. The molecule has 0 bridgehead atoms. The Labute approximate surface area is 139 Å². The summed E-state index contributed by atoms with van der Waals surface area (Å²) in [4.78, 5) is 24.4. The number of carbonyl (C=O) groups is 2. The molecule has 1 aromatic carbocycles. The number of hydrogen-bond donors (Lipinski definition) is 0. The van der Waals surface area contributed by atoms with E-state index >= 15 is 0 Å². The fourth-order valence-corrected chi connectivity index (χ4v) is 2.28. The van der Waals surface area contributed by atoms with Gasteiger partial charge in [-0.15, -0.1) is 0 Å². The highest BCUT2D eigenvalue weighted by atomic mass is 16.6. The Morgan fingerprint density at radius 2 is 1.83 bits per heavy atom. The molecule has 4 heteroatoms. The van der Waals surface area contributed by atoms with Gasteiger partial charge in [-0.05, 0) is 53.5 Å². The third-order valence-corrected chi connectivity index (χ3v) is 3.08. The van der Waals surface area contributed by atoms with Crippen molar-refractivity contribution < 1.29 is 19.1 Å². The van der Waals surface area contributed by atoms with Crippen molar-refractivity contribution in [3.63, 3.8) is 0 Å². The standard InChI is InChI=1S/C19H28O4/c1-13(2)22-18(21)16(12-17(20)23-19(4,5)6)11-15-9-7-8-14(3)10-15/h7-10,13,16H,11-12H2,1-6H3/t16-/m0/s1. The molecule has 0 aliphatic heterocycles. The maximum atomic E-state index is 12.3. The van der Waals surface area contributed by atoms with E-state index in [0.29, 0.717) is 6.42 Å². The van der Waals surface area contributed by atoms with Crippen LogP contribution < -0.4 is 0 Å². The summed E-state index contributed by atoms with van der Waals surface area (Å²) in [6.45, 7) is 11.0. The summed E-state index contributed by atoms with van der Waals surface area (Å²) in [6, 6.07) is 7.92. The summed E-state index contributed by atoms with van der Waals surface area (Å²) in [6.07, 6.45) is 0.282. The van der Waals surface area contributed by atoms with Crippen LogP contribution in [0.5, 0.6) is 0 Å². The molecule has 0 saturated heterocycles. The van der Waals surface area contributed by atoms with Crippen molar-refractivity contribution in [2.45, 2.75) is 66.1 Å². The van der Waals surface area contributed by atoms with Gasteiger partial charge in [0.15, 0.2) is 0 Å². The van der Waals surface area contributed by atoms with E-state index in [-0.39, 0.29) is 24.5 Å². The summed E-state index contributed by atoms with van der Waals surface area (Å²) >= 11 is 0. The molecular formula is C19H28O4. The van der Waals surface area contributed by atoms with Crippen LogP contribution in [0, 0.1) is 12.8 Å². The lowest BCUT2D eigenvalue weighted by molar-refractivity contribution is -0.163. The number of benzene rings is 1. The van der Waals surface area contributed by atoms with Gasteiger partial charge in [-0.1, -0.05) is 29.8 Å². The quantitative estimate of drug-likeness (QED) is 0.747. The summed E-state index contributed by atoms with van der Waals surface area (Å²) in [5, 5.41) is 0. The second-order valence-electron chi connectivity index (χ2n) is 7.17. The topological polar surface area (TPSA) is 52.6 Å². The van der Waals surface area contributed by atoms with Crippen LogP contribution in [-0.2, 0) is 25.5 Å². The zero-order valence-electron chi connectivity index (χ0n) is 15.0. The minimum absolute atomic E-state index is 0.0246. The molecule has 0 saturated carbocycles. The van der Waals surface area contributed by atoms with Crippen LogP contribution in [0.15, 0.2) is 24.3 Å². The minimum atomic E-state index is -0.563. The number of esters is 2. The molecule has 23 heavy (non-hydrogen) atoms. The first-order chi connectivity index (χ1) is 10.6. The second-order valence-corrected chi connectivity index (χ2v) is 7.17. The SMILES string of the molecule is Cc1cccc(C[C@@H](CC(=O)OC(C)(C)C)C(=O)OC(C)C)c1. The lowest BCUT2D eigenvalue weighted by atomic mass is 9.95. The van der Waals surface area contributed by atoms with Crippen LogP contribution in [0.3, 0.4) is 0 Å². The first-order valence-corrected chi connectivity index (χ1v) is 8.04. The molecule has 0 spiro atoms. The van der Waals surface area contributed by atoms with E-state index in [4.69, 9.17) is 9.47 Å². The molecule has 0 fully saturated rings. The zero-order chi connectivity index (χ0) is 17.6. The molecule has 0 aromatic heterocycles. The van der Waals surface area contributed by atoms with Crippen LogP contribution in [0.4, 0.5) is 0 Å². The molecule has 0 heterocycles. The average molecular weight is 320 g/mol. The first-order valence-electron chi connectivity index (χ1n) is 8.04. The van der Waals surface area contributed by atoms with Crippen LogP contribution in [0.2, 0.25) is 0 Å². The first kappa shape index (κ1) is 19.2.